The number of benzene rings is 1. The third-order valence-corrected chi connectivity index (χ3v) is 3.06. The molecule has 0 saturated carbocycles. The minimum atomic E-state index is -0.583. The summed E-state index contributed by atoms with van der Waals surface area (Å²) in [7, 11) is 0. The van der Waals surface area contributed by atoms with Crippen molar-refractivity contribution in [2.24, 2.45) is 5.73 Å². The maximum absolute atomic E-state index is 11.6. The van der Waals surface area contributed by atoms with Crippen molar-refractivity contribution in [3.63, 3.8) is 0 Å². The molecule has 1 aromatic rings. The Bertz CT molecular complexity index is 484. The minimum absolute atomic E-state index is 0.0943. The first-order valence-corrected chi connectivity index (χ1v) is 6.57. The summed E-state index contributed by atoms with van der Waals surface area (Å²) in [6.07, 6.45) is 2.09. The number of primary amides is 1. The van der Waals surface area contributed by atoms with Gasteiger partial charge in [0.25, 0.3) is 11.8 Å². The lowest BCUT2D eigenvalue weighted by Crippen LogP contribution is -2.35. The second kappa shape index (κ2) is 6.91. The molecule has 3 N–H and O–H groups in total. The highest BCUT2D eigenvalue weighted by molar-refractivity contribution is 5.95. The summed E-state index contributed by atoms with van der Waals surface area (Å²) >= 11 is 0. The van der Waals surface area contributed by atoms with Crippen molar-refractivity contribution < 1.29 is 19.1 Å². The lowest BCUT2D eigenvalue weighted by Gasteiger charge is -2.12. The quantitative estimate of drug-likeness (QED) is 0.791. The van der Waals surface area contributed by atoms with Gasteiger partial charge in [-0.15, -0.1) is 0 Å². The van der Waals surface area contributed by atoms with E-state index >= 15 is 0 Å². The Kier molecular flexibility index (Phi) is 4.95. The summed E-state index contributed by atoms with van der Waals surface area (Å²) < 4.78 is 10.7. The number of para-hydroxylation sites is 1. The third kappa shape index (κ3) is 3.96. The molecule has 1 atom stereocenters. The van der Waals surface area contributed by atoms with Crippen LogP contribution in [0.1, 0.15) is 23.2 Å². The molecule has 1 aliphatic rings. The standard InChI is InChI=1S/C14H18N2O4/c15-14(18)11-5-1-2-6-12(11)20-9-13(17)16-8-10-4-3-7-19-10/h1-2,5-6,10H,3-4,7-9H2,(H2,15,18)(H,16,17). The zero-order valence-electron chi connectivity index (χ0n) is 11.1. The van der Waals surface area contributed by atoms with Gasteiger partial charge < -0.3 is 20.5 Å². The SMILES string of the molecule is NC(=O)c1ccccc1OCC(=O)NCC1CCCO1. The zero-order valence-corrected chi connectivity index (χ0v) is 11.1. The molecule has 2 rings (SSSR count). The van der Waals surface area contributed by atoms with Crippen LogP contribution < -0.4 is 15.8 Å². The first kappa shape index (κ1) is 14.3. The van der Waals surface area contributed by atoms with Crippen molar-refractivity contribution in [2.45, 2.75) is 18.9 Å². The molecule has 0 spiro atoms. The van der Waals surface area contributed by atoms with E-state index in [2.05, 4.69) is 5.32 Å². The Balaban J connectivity index is 1.79. The fourth-order valence-corrected chi connectivity index (χ4v) is 2.02. The van der Waals surface area contributed by atoms with Gasteiger partial charge in [-0.2, -0.15) is 0 Å². The summed E-state index contributed by atoms with van der Waals surface area (Å²) in [6, 6.07) is 6.56. The van der Waals surface area contributed by atoms with E-state index in [-0.39, 0.29) is 24.2 Å². The summed E-state index contributed by atoms with van der Waals surface area (Å²) in [5.74, 6) is -0.521. The van der Waals surface area contributed by atoms with Crippen LogP contribution in [-0.4, -0.2) is 37.7 Å². The molecule has 2 amide bonds. The van der Waals surface area contributed by atoms with Gasteiger partial charge in [0, 0.05) is 13.2 Å². The van der Waals surface area contributed by atoms with Crippen molar-refractivity contribution in [1.29, 1.82) is 0 Å². The van der Waals surface area contributed by atoms with Crippen LogP contribution in [0.3, 0.4) is 0 Å². The summed E-state index contributed by atoms with van der Waals surface area (Å²) in [4.78, 5) is 22.8. The molecule has 1 unspecified atom stereocenters. The Labute approximate surface area is 117 Å². The molecule has 6 heteroatoms. The molecule has 0 bridgehead atoms. The Morgan fingerprint density at radius 2 is 2.20 bits per heavy atom. The molecule has 1 heterocycles. The van der Waals surface area contributed by atoms with Crippen molar-refractivity contribution >= 4 is 11.8 Å². The van der Waals surface area contributed by atoms with Crippen LogP contribution in [-0.2, 0) is 9.53 Å². The van der Waals surface area contributed by atoms with E-state index in [1.54, 1.807) is 24.3 Å². The topological polar surface area (TPSA) is 90.7 Å². The largest absolute Gasteiger partial charge is 0.483 e. The number of rotatable bonds is 6. The van der Waals surface area contributed by atoms with Gasteiger partial charge in [-0.3, -0.25) is 9.59 Å². The van der Waals surface area contributed by atoms with Gasteiger partial charge in [0.05, 0.1) is 11.7 Å². The molecule has 1 aromatic carbocycles. The van der Waals surface area contributed by atoms with E-state index in [4.69, 9.17) is 15.2 Å². The van der Waals surface area contributed by atoms with Gasteiger partial charge in [-0.1, -0.05) is 12.1 Å². The molecule has 0 aromatic heterocycles. The molecule has 1 fully saturated rings. The first-order valence-electron chi connectivity index (χ1n) is 6.57. The third-order valence-electron chi connectivity index (χ3n) is 3.06. The van der Waals surface area contributed by atoms with Crippen LogP contribution in [0.15, 0.2) is 24.3 Å². The highest BCUT2D eigenvalue weighted by atomic mass is 16.5. The van der Waals surface area contributed by atoms with Gasteiger partial charge >= 0.3 is 0 Å². The molecular formula is C14H18N2O4. The smallest absolute Gasteiger partial charge is 0.258 e. The van der Waals surface area contributed by atoms with E-state index in [0.29, 0.717) is 12.3 Å². The number of carbonyl (C=O) groups is 2. The van der Waals surface area contributed by atoms with E-state index < -0.39 is 5.91 Å². The molecule has 6 nitrogen and oxygen atoms in total. The average molecular weight is 278 g/mol. The van der Waals surface area contributed by atoms with Crippen LogP contribution in [0.25, 0.3) is 0 Å². The number of hydrogen-bond donors (Lipinski definition) is 2. The van der Waals surface area contributed by atoms with Gasteiger partial charge in [0.2, 0.25) is 0 Å². The lowest BCUT2D eigenvalue weighted by molar-refractivity contribution is -0.123. The van der Waals surface area contributed by atoms with Crippen LogP contribution in [0, 0.1) is 0 Å². The van der Waals surface area contributed by atoms with Crippen LogP contribution in [0.5, 0.6) is 5.75 Å². The van der Waals surface area contributed by atoms with E-state index in [1.165, 1.54) is 0 Å². The second-order valence-electron chi connectivity index (χ2n) is 4.59. The summed E-state index contributed by atoms with van der Waals surface area (Å²) in [6.45, 7) is 1.08. The Morgan fingerprint density at radius 1 is 1.40 bits per heavy atom. The van der Waals surface area contributed by atoms with E-state index in [0.717, 1.165) is 19.4 Å². The van der Waals surface area contributed by atoms with Gasteiger partial charge in [-0.05, 0) is 25.0 Å². The molecule has 1 saturated heterocycles. The van der Waals surface area contributed by atoms with Gasteiger partial charge in [0.1, 0.15) is 5.75 Å². The van der Waals surface area contributed by atoms with Gasteiger partial charge in [0.15, 0.2) is 6.61 Å². The predicted molar refractivity (Wildman–Crippen MR) is 72.4 cm³/mol. The van der Waals surface area contributed by atoms with E-state index in [1.807, 2.05) is 0 Å². The highest BCUT2D eigenvalue weighted by Gasteiger charge is 2.16. The number of nitrogens with one attached hydrogen (secondary N) is 1. The number of nitrogens with two attached hydrogens (primary N) is 1. The summed E-state index contributed by atoms with van der Waals surface area (Å²) in [5.41, 5.74) is 5.49. The monoisotopic (exact) mass is 278 g/mol. The highest BCUT2D eigenvalue weighted by Crippen LogP contribution is 2.16. The lowest BCUT2D eigenvalue weighted by atomic mass is 10.2. The maximum atomic E-state index is 11.6. The maximum Gasteiger partial charge on any atom is 0.258 e. The normalized spacial score (nSPS) is 17.7. The van der Waals surface area contributed by atoms with Gasteiger partial charge in [-0.25, -0.2) is 0 Å². The van der Waals surface area contributed by atoms with Crippen molar-refractivity contribution in [3.8, 4) is 5.75 Å². The number of hydrogen-bond acceptors (Lipinski definition) is 4. The number of ether oxygens (including phenoxy) is 2. The fourth-order valence-electron chi connectivity index (χ4n) is 2.02. The molecule has 0 radical (unpaired) electrons. The molecule has 1 aliphatic heterocycles. The van der Waals surface area contributed by atoms with Crippen LogP contribution in [0.2, 0.25) is 0 Å². The molecular weight excluding hydrogens is 260 g/mol. The zero-order chi connectivity index (χ0) is 14.4. The molecule has 108 valence electrons. The minimum Gasteiger partial charge on any atom is -0.483 e. The van der Waals surface area contributed by atoms with Crippen molar-refractivity contribution in [1.82, 2.24) is 5.32 Å². The molecule has 20 heavy (non-hydrogen) atoms. The fraction of sp³-hybridized carbons (Fsp3) is 0.429. The second-order valence-corrected chi connectivity index (χ2v) is 4.59. The first-order chi connectivity index (χ1) is 9.66. The van der Waals surface area contributed by atoms with Crippen molar-refractivity contribution in [2.75, 3.05) is 19.8 Å². The summed E-state index contributed by atoms with van der Waals surface area (Å²) in [5, 5.41) is 2.74. The molecule has 0 aliphatic carbocycles. The van der Waals surface area contributed by atoms with E-state index in [9.17, 15) is 9.59 Å². The number of carbonyl (C=O) groups excluding carboxylic acids is 2. The Morgan fingerprint density at radius 3 is 2.90 bits per heavy atom. The van der Waals surface area contributed by atoms with Crippen LogP contribution >= 0.6 is 0 Å². The van der Waals surface area contributed by atoms with Crippen LogP contribution in [0.4, 0.5) is 0 Å². The predicted octanol–water partition coefficient (Wildman–Crippen LogP) is 0.459. The average Bonchev–Trinajstić information content (AvgIpc) is 2.96. The Hall–Kier alpha value is -2.08. The number of amides is 2. The van der Waals surface area contributed by atoms with Crippen molar-refractivity contribution in [3.05, 3.63) is 29.8 Å².